The van der Waals surface area contributed by atoms with E-state index in [1.165, 1.54) is 18.2 Å². The molecule has 4 nitrogen and oxygen atoms in total. The SMILES string of the molecule is N#Cc1ccccc1Oc1ccc(C(=O)O)c(Cl)c1. The molecule has 0 saturated carbocycles. The van der Waals surface area contributed by atoms with Gasteiger partial charge in [-0.2, -0.15) is 5.26 Å². The second-order valence-electron chi connectivity index (χ2n) is 3.66. The lowest BCUT2D eigenvalue weighted by molar-refractivity contribution is 0.0697. The highest BCUT2D eigenvalue weighted by molar-refractivity contribution is 6.33. The molecule has 2 aromatic rings. The van der Waals surface area contributed by atoms with Crippen molar-refractivity contribution in [1.82, 2.24) is 0 Å². The molecule has 0 fully saturated rings. The van der Waals surface area contributed by atoms with Gasteiger partial charge >= 0.3 is 5.97 Å². The summed E-state index contributed by atoms with van der Waals surface area (Å²) in [6.07, 6.45) is 0. The summed E-state index contributed by atoms with van der Waals surface area (Å²) in [5.41, 5.74) is 0.392. The molecule has 0 amide bonds. The minimum atomic E-state index is -1.10. The number of nitriles is 1. The fourth-order valence-electron chi connectivity index (χ4n) is 1.51. The summed E-state index contributed by atoms with van der Waals surface area (Å²) in [5.74, 6) is -0.337. The van der Waals surface area contributed by atoms with Crippen LogP contribution in [0.25, 0.3) is 0 Å². The zero-order valence-electron chi connectivity index (χ0n) is 9.63. The summed E-state index contributed by atoms with van der Waals surface area (Å²) in [7, 11) is 0. The summed E-state index contributed by atoms with van der Waals surface area (Å²) < 4.78 is 5.52. The third-order valence-corrected chi connectivity index (χ3v) is 2.72. The first-order valence-corrected chi connectivity index (χ1v) is 5.69. The monoisotopic (exact) mass is 273 g/mol. The van der Waals surface area contributed by atoms with Crippen molar-refractivity contribution in [3.63, 3.8) is 0 Å². The van der Waals surface area contributed by atoms with Crippen LogP contribution in [0.2, 0.25) is 5.02 Å². The van der Waals surface area contributed by atoms with Gasteiger partial charge in [0.1, 0.15) is 17.6 Å². The number of rotatable bonds is 3. The minimum absolute atomic E-state index is 0.00239. The molecule has 0 radical (unpaired) electrons. The van der Waals surface area contributed by atoms with Gasteiger partial charge in [0, 0.05) is 6.07 Å². The second kappa shape index (κ2) is 5.42. The molecule has 1 N–H and O–H groups in total. The molecule has 0 aliphatic rings. The van der Waals surface area contributed by atoms with Crippen molar-refractivity contribution in [2.24, 2.45) is 0 Å². The highest BCUT2D eigenvalue weighted by atomic mass is 35.5. The quantitative estimate of drug-likeness (QED) is 0.925. The number of para-hydroxylation sites is 1. The fourth-order valence-corrected chi connectivity index (χ4v) is 1.76. The Kier molecular flexibility index (Phi) is 3.69. The number of hydrogen-bond donors (Lipinski definition) is 1. The number of nitrogens with zero attached hydrogens (tertiary/aromatic N) is 1. The largest absolute Gasteiger partial charge is 0.478 e. The van der Waals surface area contributed by atoms with Gasteiger partial charge in [-0.25, -0.2) is 4.79 Å². The van der Waals surface area contributed by atoms with Crippen LogP contribution in [0.5, 0.6) is 11.5 Å². The van der Waals surface area contributed by atoms with Gasteiger partial charge in [0.25, 0.3) is 0 Å². The topological polar surface area (TPSA) is 70.3 Å². The maximum atomic E-state index is 10.8. The van der Waals surface area contributed by atoms with Crippen LogP contribution >= 0.6 is 11.6 Å². The van der Waals surface area contributed by atoms with Crippen LogP contribution in [0.3, 0.4) is 0 Å². The predicted octanol–water partition coefficient (Wildman–Crippen LogP) is 3.70. The Balaban J connectivity index is 2.32. The molecule has 0 aromatic heterocycles. The van der Waals surface area contributed by atoms with E-state index in [0.29, 0.717) is 17.1 Å². The van der Waals surface area contributed by atoms with Crippen LogP contribution in [0, 0.1) is 11.3 Å². The fraction of sp³-hybridized carbons (Fsp3) is 0. The number of halogens is 1. The lowest BCUT2D eigenvalue weighted by Crippen LogP contribution is -1.97. The number of ether oxygens (including phenoxy) is 1. The third kappa shape index (κ3) is 2.84. The zero-order valence-corrected chi connectivity index (χ0v) is 10.4. The van der Waals surface area contributed by atoms with E-state index in [1.807, 2.05) is 6.07 Å². The van der Waals surface area contributed by atoms with Crippen LogP contribution in [0.4, 0.5) is 0 Å². The molecular weight excluding hydrogens is 266 g/mol. The van der Waals surface area contributed by atoms with E-state index >= 15 is 0 Å². The van der Waals surface area contributed by atoms with Gasteiger partial charge < -0.3 is 9.84 Å². The van der Waals surface area contributed by atoms with Crippen molar-refractivity contribution in [3.8, 4) is 17.6 Å². The van der Waals surface area contributed by atoms with Crippen molar-refractivity contribution >= 4 is 17.6 Å². The van der Waals surface area contributed by atoms with E-state index in [-0.39, 0.29) is 10.6 Å². The molecule has 0 aliphatic carbocycles. The molecule has 0 spiro atoms. The van der Waals surface area contributed by atoms with Gasteiger partial charge in [-0.15, -0.1) is 0 Å². The van der Waals surface area contributed by atoms with Crippen LogP contribution < -0.4 is 4.74 Å². The average Bonchev–Trinajstić information content (AvgIpc) is 2.39. The highest BCUT2D eigenvalue weighted by Gasteiger charge is 2.10. The number of carbonyl (C=O) groups is 1. The molecule has 94 valence electrons. The van der Waals surface area contributed by atoms with E-state index in [0.717, 1.165) is 0 Å². The summed E-state index contributed by atoms with van der Waals surface area (Å²) >= 11 is 5.84. The molecule has 0 heterocycles. The van der Waals surface area contributed by atoms with E-state index in [2.05, 4.69) is 0 Å². The maximum Gasteiger partial charge on any atom is 0.337 e. The smallest absolute Gasteiger partial charge is 0.337 e. The molecule has 0 aliphatic heterocycles. The molecule has 0 saturated heterocycles. The van der Waals surface area contributed by atoms with Crippen LogP contribution in [0.15, 0.2) is 42.5 Å². The highest BCUT2D eigenvalue weighted by Crippen LogP contribution is 2.28. The van der Waals surface area contributed by atoms with Gasteiger partial charge in [0.15, 0.2) is 0 Å². The average molecular weight is 274 g/mol. The number of carboxylic acid groups (broad SMARTS) is 1. The normalized spacial score (nSPS) is 9.68. The van der Waals surface area contributed by atoms with E-state index in [4.69, 9.17) is 26.7 Å². The molecule has 5 heteroatoms. The summed E-state index contributed by atoms with van der Waals surface area (Å²) in [6.45, 7) is 0. The number of benzene rings is 2. The van der Waals surface area contributed by atoms with Crippen molar-refractivity contribution in [1.29, 1.82) is 5.26 Å². The lowest BCUT2D eigenvalue weighted by Gasteiger charge is -2.08. The molecule has 0 atom stereocenters. The van der Waals surface area contributed by atoms with Crippen LogP contribution in [-0.4, -0.2) is 11.1 Å². The Morgan fingerprint density at radius 1 is 1.26 bits per heavy atom. The molecule has 2 rings (SSSR count). The van der Waals surface area contributed by atoms with Gasteiger partial charge in [0.2, 0.25) is 0 Å². The third-order valence-electron chi connectivity index (χ3n) is 2.41. The Bertz CT molecular complexity index is 677. The number of carboxylic acids is 1. The Labute approximate surface area is 114 Å². The first-order chi connectivity index (χ1) is 9.11. The first-order valence-electron chi connectivity index (χ1n) is 5.31. The van der Waals surface area contributed by atoms with Crippen LogP contribution in [0.1, 0.15) is 15.9 Å². The van der Waals surface area contributed by atoms with Crippen molar-refractivity contribution < 1.29 is 14.6 Å². The Morgan fingerprint density at radius 2 is 2.00 bits per heavy atom. The first kappa shape index (κ1) is 12.9. The molecule has 0 unspecified atom stereocenters. The van der Waals surface area contributed by atoms with Crippen molar-refractivity contribution in [3.05, 3.63) is 58.6 Å². The van der Waals surface area contributed by atoms with Crippen molar-refractivity contribution in [2.75, 3.05) is 0 Å². The van der Waals surface area contributed by atoms with Gasteiger partial charge in [-0.3, -0.25) is 0 Å². The number of hydrogen-bond acceptors (Lipinski definition) is 3. The summed E-state index contributed by atoms with van der Waals surface area (Å²) in [6, 6.07) is 13.0. The summed E-state index contributed by atoms with van der Waals surface area (Å²) in [4.78, 5) is 10.8. The number of aromatic carboxylic acids is 1. The van der Waals surface area contributed by atoms with E-state index < -0.39 is 5.97 Å². The van der Waals surface area contributed by atoms with Crippen molar-refractivity contribution in [2.45, 2.75) is 0 Å². The van der Waals surface area contributed by atoms with Crippen LogP contribution in [-0.2, 0) is 0 Å². The maximum absolute atomic E-state index is 10.8. The minimum Gasteiger partial charge on any atom is -0.478 e. The molecule has 2 aromatic carbocycles. The van der Waals surface area contributed by atoms with Gasteiger partial charge in [0.05, 0.1) is 16.1 Å². The molecular formula is C14H8ClNO3. The van der Waals surface area contributed by atoms with E-state index in [1.54, 1.807) is 24.3 Å². The van der Waals surface area contributed by atoms with Gasteiger partial charge in [-0.1, -0.05) is 23.7 Å². The Morgan fingerprint density at radius 3 is 2.63 bits per heavy atom. The predicted molar refractivity (Wildman–Crippen MR) is 69.6 cm³/mol. The molecule has 19 heavy (non-hydrogen) atoms. The standard InChI is InChI=1S/C14H8ClNO3/c15-12-7-10(5-6-11(12)14(17)18)19-13-4-2-1-3-9(13)8-16/h1-7H,(H,17,18). The van der Waals surface area contributed by atoms with Gasteiger partial charge in [-0.05, 0) is 24.3 Å². The molecule has 0 bridgehead atoms. The summed E-state index contributed by atoms with van der Waals surface area (Å²) in [5, 5.41) is 17.9. The lowest BCUT2D eigenvalue weighted by atomic mass is 10.2. The zero-order chi connectivity index (χ0) is 13.8. The van der Waals surface area contributed by atoms with E-state index in [9.17, 15) is 4.79 Å². The second-order valence-corrected chi connectivity index (χ2v) is 4.06. The Hall–Kier alpha value is -2.51.